The summed E-state index contributed by atoms with van der Waals surface area (Å²) in [5.74, 6) is -0.0245. The second kappa shape index (κ2) is 1.97. The molecule has 0 spiro atoms. The zero-order chi connectivity index (χ0) is 6.85. The zero-order valence-electron chi connectivity index (χ0n) is 5.14. The van der Waals surface area contributed by atoms with Crippen LogP contribution in [0.15, 0.2) is 23.8 Å². The Morgan fingerprint density at radius 1 is 1.44 bits per heavy atom. The third-order valence-electron chi connectivity index (χ3n) is 1.20. The molecule has 1 aliphatic rings. The summed E-state index contributed by atoms with van der Waals surface area (Å²) < 4.78 is 0. The predicted molar refractivity (Wildman–Crippen MR) is 35.6 cm³/mol. The molecule has 0 fully saturated rings. The third kappa shape index (κ3) is 1.13. The van der Waals surface area contributed by atoms with Crippen molar-refractivity contribution in [1.29, 1.82) is 5.41 Å². The molecule has 0 aliphatic heterocycles. The fourth-order valence-electron chi connectivity index (χ4n) is 0.636. The van der Waals surface area contributed by atoms with Crippen molar-refractivity contribution in [3.63, 3.8) is 0 Å². The zero-order valence-corrected chi connectivity index (χ0v) is 5.14. The number of hydrogen-bond donors (Lipinski definition) is 1. The van der Waals surface area contributed by atoms with Gasteiger partial charge in [-0.05, 0) is 30.7 Å². The lowest BCUT2D eigenvalue weighted by Crippen LogP contribution is -2.03. The SMILES string of the molecule is CC1=CC(=O)C=CC1=N. The minimum Gasteiger partial charge on any atom is -0.301 e. The molecule has 0 heterocycles. The van der Waals surface area contributed by atoms with Crippen LogP contribution < -0.4 is 0 Å². The molecular formula is C7H7NO. The van der Waals surface area contributed by atoms with E-state index >= 15 is 0 Å². The lowest BCUT2D eigenvalue weighted by Gasteiger charge is -2.00. The number of rotatable bonds is 0. The van der Waals surface area contributed by atoms with Crippen LogP contribution in [0.1, 0.15) is 6.92 Å². The molecule has 9 heavy (non-hydrogen) atoms. The first-order valence-electron chi connectivity index (χ1n) is 2.69. The van der Waals surface area contributed by atoms with E-state index in [2.05, 4.69) is 0 Å². The Labute approximate surface area is 53.4 Å². The van der Waals surface area contributed by atoms with Gasteiger partial charge in [0.2, 0.25) is 0 Å². The maximum Gasteiger partial charge on any atom is 0.179 e. The Morgan fingerprint density at radius 2 is 2.11 bits per heavy atom. The van der Waals surface area contributed by atoms with Crippen LogP contribution in [0.4, 0.5) is 0 Å². The summed E-state index contributed by atoms with van der Waals surface area (Å²) in [6.07, 6.45) is 4.37. The molecule has 0 amide bonds. The summed E-state index contributed by atoms with van der Waals surface area (Å²) in [5, 5.41) is 7.18. The van der Waals surface area contributed by atoms with Crippen LogP contribution in [-0.4, -0.2) is 11.5 Å². The highest BCUT2D eigenvalue weighted by Gasteiger charge is 2.03. The minimum absolute atomic E-state index is 0.0245. The molecule has 0 saturated carbocycles. The first-order chi connectivity index (χ1) is 4.20. The summed E-state index contributed by atoms with van der Waals surface area (Å²) in [6, 6.07) is 0. The van der Waals surface area contributed by atoms with E-state index in [1.165, 1.54) is 18.2 Å². The van der Waals surface area contributed by atoms with Crippen LogP contribution in [0, 0.1) is 5.41 Å². The van der Waals surface area contributed by atoms with Gasteiger partial charge in [-0.15, -0.1) is 0 Å². The monoisotopic (exact) mass is 121 g/mol. The van der Waals surface area contributed by atoms with Crippen LogP contribution in [0.5, 0.6) is 0 Å². The number of nitrogens with one attached hydrogen (secondary N) is 1. The molecule has 0 bridgehead atoms. The van der Waals surface area contributed by atoms with Crippen molar-refractivity contribution in [3.8, 4) is 0 Å². The van der Waals surface area contributed by atoms with Crippen LogP contribution in [0.3, 0.4) is 0 Å². The minimum atomic E-state index is -0.0245. The van der Waals surface area contributed by atoms with Crippen molar-refractivity contribution in [1.82, 2.24) is 0 Å². The molecule has 46 valence electrons. The van der Waals surface area contributed by atoms with Gasteiger partial charge in [-0.25, -0.2) is 0 Å². The van der Waals surface area contributed by atoms with Gasteiger partial charge in [0.15, 0.2) is 5.78 Å². The van der Waals surface area contributed by atoms with Crippen LogP contribution in [-0.2, 0) is 4.79 Å². The standard InChI is InChI=1S/C7H7NO/c1-5-4-6(9)2-3-7(5)8/h2-4,8H,1H3. The quantitative estimate of drug-likeness (QED) is 0.479. The summed E-state index contributed by atoms with van der Waals surface area (Å²) in [6.45, 7) is 1.75. The molecular weight excluding hydrogens is 114 g/mol. The van der Waals surface area contributed by atoms with Crippen molar-refractivity contribution in [2.75, 3.05) is 0 Å². The van der Waals surface area contributed by atoms with E-state index < -0.39 is 0 Å². The van der Waals surface area contributed by atoms with E-state index in [0.717, 1.165) is 5.57 Å². The average Bonchev–Trinajstić information content (AvgIpc) is 1.80. The largest absolute Gasteiger partial charge is 0.301 e. The van der Waals surface area contributed by atoms with Gasteiger partial charge < -0.3 is 5.41 Å². The topological polar surface area (TPSA) is 40.9 Å². The molecule has 0 aromatic carbocycles. The molecule has 1 aliphatic carbocycles. The highest BCUT2D eigenvalue weighted by atomic mass is 16.1. The third-order valence-corrected chi connectivity index (χ3v) is 1.20. The van der Waals surface area contributed by atoms with E-state index in [-0.39, 0.29) is 5.78 Å². The Balaban J connectivity index is 2.95. The van der Waals surface area contributed by atoms with Gasteiger partial charge in [0.25, 0.3) is 0 Å². The van der Waals surface area contributed by atoms with Gasteiger partial charge in [-0.1, -0.05) is 0 Å². The fourth-order valence-corrected chi connectivity index (χ4v) is 0.636. The molecule has 0 aromatic rings. The highest BCUT2D eigenvalue weighted by molar-refractivity contribution is 6.18. The molecule has 0 unspecified atom stereocenters. The second-order valence-corrected chi connectivity index (χ2v) is 1.98. The number of carbonyl (C=O) groups is 1. The molecule has 1 rings (SSSR count). The molecule has 0 radical (unpaired) electrons. The normalized spacial score (nSPS) is 18.1. The van der Waals surface area contributed by atoms with Crippen molar-refractivity contribution in [2.24, 2.45) is 0 Å². The first kappa shape index (κ1) is 5.95. The van der Waals surface area contributed by atoms with Crippen molar-refractivity contribution in [3.05, 3.63) is 23.8 Å². The Morgan fingerprint density at radius 3 is 2.56 bits per heavy atom. The Hall–Kier alpha value is -1.18. The van der Waals surface area contributed by atoms with Gasteiger partial charge in [0.05, 0.1) is 5.71 Å². The number of hydrogen-bond acceptors (Lipinski definition) is 2. The number of carbonyl (C=O) groups excluding carboxylic acids is 1. The van der Waals surface area contributed by atoms with E-state index in [9.17, 15) is 4.79 Å². The first-order valence-corrected chi connectivity index (χ1v) is 2.69. The second-order valence-electron chi connectivity index (χ2n) is 1.98. The summed E-state index contributed by atoms with van der Waals surface area (Å²) >= 11 is 0. The molecule has 0 aromatic heterocycles. The smallest absolute Gasteiger partial charge is 0.179 e. The maximum atomic E-state index is 10.6. The van der Waals surface area contributed by atoms with Crippen LogP contribution in [0.25, 0.3) is 0 Å². The van der Waals surface area contributed by atoms with Crippen molar-refractivity contribution in [2.45, 2.75) is 6.92 Å². The van der Waals surface area contributed by atoms with E-state index in [1.54, 1.807) is 6.92 Å². The average molecular weight is 121 g/mol. The highest BCUT2D eigenvalue weighted by Crippen LogP contribution is 2.02. The molecule has 2 heteroatoms. The predicted octanol–water partition coefficient (Wildman–Crippen LogP) is 1.09. The van der Waals surface area contributed by atoms with Gasteiger partial charge in [-0.3, -0.25) is 4.79 Å². The van der Waals surface area contributed by atoms with E-state index in [4.69, 9.17) is 5.41 Å². The fraction of sp³-hybridized carbons (Fsp3) is 0.143. The lowest BCUT2D eigenvalue weighted by atomic mass is 10.1. The molecule has 0 atom stereocenters. The van der Waals surface area contributed by atoms with Gasteiger partial charge in [-0.2, -0.15) is 0 Å². The van der Waals surface area contributed by atoms with E-state index in [1.807, 2.05) is 0 Å². The van der Waals surface area contributed by atoms with E-state index in [0.29, 0.717) is 5.71 Å². The summed E-state index contributed by atoms with van der Waals surface area (Å²) in [4.78, 5) is 10.6. The van der Waals surface area contributed by atoms with Gasteiger partial charge >= 0.3 is 0 Å². The number of allylic oxidation sites excluding steroid dienone is 4. The van der Waals surface area contributed by atoms with Crippen LogP contribution in [0.2, 0.25) is 0 Å². The van der Waals surface area contributed by atoms with Crippen molar-refractivity contribution < 1.29 is 4.79 Å². The Kier molecular flexibility index (Phi) is 1.30. The van der Waals surface area contributed by atoms with Gasteiger partial charge in [0, 0.05) is 0 Å². The number of ketones is 1. The van der Waals surface area contributed by atoms with Crippen LogP contribution >= 0.6 is 0 Å². The van der Waals surface area contributed by atoms with Crippen molar-refractivity contribution >= 4 is 11.5 Å². The lowest BCUT2D eigenvalue weighted by molar-refractivity contribution is -0.110. The van der Waals surface area contributed by atoms with Gasteiger partial charge in [0.1, 0.15) is 0 Å². The Bertz CT molecular complexity index is 223. The molecule has 2 nitrogen and oxygen atoms in total. The molecule has 1 N–H and O–H groups in total. The maximum absolute atomic E-state index is 10.6. The molecule has 0 saturated heterocycles. The summed E-state index contributed by atoms with van der Waals surface area (Å²) in [7, 11) is 0. The summed E-state index contributed by atoms with van der Waals surface area (Å²) in [5.41, 5.74) is 1.16.